The first-order chi connectivity index (χ1) is 10.2. The predicted octanol–water partition coefficient (Wildman–Crippen LogP) is 1.60. The number of rotatable bonds is 7. The van der Waals surface area contributed by atoms with E-state index < -0.39 is 0 Å². The van der Waals surface area contributed by atoms with Crippen molar-refractivity contribution in [2.24, 2.45) is 0 Å². The molecule has 0 saturated carbocycles. The summed E-state index contributed by atoms with van der Waals surface area (Å²) in [4.78, 5) is 11.2. The maximum atomic E-state index is 5.39. The molecule has 118 valence electrons. The van der Waals surface area contributed by atoms with Crippen LogP contribution in [0.5, 0.6) is 0 Å². The normalized spacial score (nSPS) is 17.5. The van der Waals surface area contributed by atoms with Crippen LogP contribution >= 0.6 is 0 Å². The lowest BCUT2D eigenvalue weighted by Crippen LogP contribution is -2.42. The summed E-state index contributed by atoms with van der Waals surface area (Å²) in [5.74, 6) is 1.88. The highest BCUT2D eigenvalue weighted by Gasteiger charge is 2.16. The first kappa shape index (κ1) is 16.0. The molecule has 2 N–H and O–H groups in total. The van der Waals surface area contributed by atoms with Crippen molar-refractivity contribution >= 4 is 11.6 Å². The van der Waals surface area contributed by atoms with Crippen molar-refractivity contribution in [3.05, 3.63) is 11.9 Å². The molecule has 1 aromatic heterocycles. The molecule has 1 aliphatic heterocycles. The number of ether oxygens (including phenoxy) is 1. The lowest BCUT2D eigenvalue weighted by molar-refractivity contribution is 0.0368. The van der Waals surface area contributed by atoms with Crippen LogP contribution in [0.25, 0.3) is 0 Å². The van der Waals surface area contributed by atoms with Gasteiger partial charge in [-0.3, -0.25) is 4.90 Å². The highest BCUT2D eigenvalue weighted by Crippen LogP contribution is 2.22. The molecule has 0 radical (unpaired) electrons. The zero-order valence-electron chi connectivity index (χ0n) is 13.4. The standard InChI is InChI=1S/C15H27N5O/c1-4-5-13-14(16-3)17-11-18-15(13)19-12(2)10-20-6-8-21-9-7-20/h11-12H,4-10H2,1-3H3,(H2,16,17,18,19). The van der Waals surface area contributed by atoms with Crippen LogP contribution in [0.4, 0.5) is 11.6 Å². The quantitative estimate of drug-likeness (QED) is 0.796. The van der Waals surface area contributed by atoms with Gasteiger partial charge in [-0.25, -0.2) is 9.97 Å². The minimum atomic E-state index is 0.346. The van der Waals surface area contributed by atoms with Crippen molar-refractivity contribution in [3.8, 4) is 0 Å². The first-order valence-corrected chi connectivity index (χ1v) is 7.82. The highest BCUT2D eigenvalue weighted by molar-refractivity contribution is 5.57. The van der Waals surface area contributed by atoms with E-state index >= 15 is 0 Å². The molecule has 6 heteroatoms. The van der Waals surface area contributed by atoms with E-state index in [0.29, 0.717) is 6.04 Å². The van der Waals surface area contributed by atoms with Crippen LogP contribution in [0.2, 0.25) is 0 Å². The lowest BCUT2D eigenvalue weighted by atomic mass is 10.1. The third-order valence-electron chi connectivity index (χ3n) is 3.70. The molecule has 1 fully saturated rings. The summed E-state index contributed by atoms with van der Waals surface area (Å²) in [5.41, 5.74) is 1.18. The largest absolute Gasteiger partial charge is 0.379 e. The summed E-state index contributed by atoms with van der Waals surface area (Å²) in [6.45, 7) is 9.09. The van der Waals surface area contributed by atoms with Gasteiger partial charge in [-0.15, -0.1) is 0 Å². The Hall–Kier alpha value is -1.40. The van der Waals surface area contributed by atoms with Crippen LogP contribution in [0.1, 0.15) is 25.8 Å². The van der Waals surface area contributed by atoms with E-state index in [2.05, 4.69) is 39.3 Å². The molecule has 1 atom stereocenters. The molecule has 0 aliphatic carbocycles. The van der Waals surface area contributed by atoms with Crippen LogP contribution in [0.3, 0.4) is 0 Å². The zero-order chi connectivity index (χ0) is 15.1. The van der Waals surface area contributed by atoms with Gasteiger partial charge in [-0.05, 0) is 13.3 Å². The Bertz CT molecular complexity index is 434. The van der Waals surface area contributed by atoms with Gasteiger partial charge in [0.2, 0.25) is 0 Å². The van der Waals surface area contributed by atoms with Gasteiger partial charge < -0.3 is 15.4 Å². The molecule has 6 nitrogen and oxygen atoms in total. The van der Waals surface area contributed by atoms with Crippen molar-refractivity contribution in [2.75, 3.05) is 50.5 Å². The van der Waals surface area contributed by atoms with Gasteiger partial charge in [0.25, 0.3) is 0 Å². The number of anilines is 2. The van der Waals surface area contributed by atoms with Gasteiger partial charge >= 0.3 is 0 Å². The van der Waals surface area contributed by atoms with Crippen molar-refractivity contribution in [1.29, 1.82) is 0 Å². The van der Waals surface area contributed by atoms with Gasteiger partial charge in [0, 0.05) is 38.3 Å². The number of nitrogens with one attached hydrogen (secondary N) is 2. The van der Waals surface area contributed by atoms with E-state index in [4.69, 9.17) is 4.74 Å². The smallest absolute Gasteiger partial charge is 0.134 e. The van der Waals surface area contributed by atoms with E-state index in [9.17, 15) is 0 Å². The fraction of sp³-hybridized carbons (Fsp3) is 0.733. The number of hydrogen-bond acceptors (Lipinski definition) is 6. The van der Waals surface area contributed by atoms with Gasteiger partial charge in [-0.1, -0.05) is 13.3 Å². The van der Waals surface area contributed by atoms with Crippen molar-refractivity contribution in [1.82, 2.24) is 14.9 Å². The molecule has 2 heterocycles. The molecule has 1 aromatic rings. The third-order valence-corrected chi connectivity index (χ3v) is 3.70. The van der Waals surface area contributed by atoms with E-state index in [-0.39, 0.29) is 0 Å². The molecule has 1 saturated heterocycles. The van der Waals surface area contributed by atoms with E-state index in [1.807, 2.05) is 7.05 Å². The van der Waals surface area contributed by atoms with E-state index in [1.54, 1.807) is 6.33 Å². The monoisotopic (exact) mass is 293 g/mol. The van der Waals surface area contributed by atoms with Gasteiger partial charge in [0.15, 0.2) is 0 Å². The summed E-state index contributed by atoms with van der Waals surface area (Å²) >= 11 is 0. The molecule has 0 aromatic carbocycles. The fourth-order valence-corrected chi connectivity index (χ4v) is 2.69. The minimum Gasteiger partial charge on any atom is -0.379 e. The van der Waals surface area contributed by atoms with Crippen LogP contribution in [-0.4, -0.2) is 60.8 Å². The van der Waals surface area contributed by atoms with Crippen LogP contribution < -0.4 is 10.6 Å². The molecule has 0 spiro atoms. The molecule has 0 amide bonds. The average molecular weight is 293 g/mol. The Labute approximate surface area is 127 Å². The average Bonchev–Trinajstić information content (AvgIpc) is 2.50. The number of nitrogens with zero attached hydrogens (tertiary/aromatic N) is 3. The SMILES string of the molecule is CCCc1c(NC)ncnc1NC(C)CN1CCOCC1. The Morgan fingerprint density at radius 3 is 2.67 bits per heavy atom. The Kier molecular flexibility index (Phi) is 6.20. The van der Waals surface area contributed by atoms with Crippen molar-refractivity contribution in [2.45, 2.75) is 32.7 Å². The molecular formula is C15H27N5O. The second-order valence-corrected chi connectivity index (χ2v) is 5.51. The third kappa shape index (κ3) is 4.54. The summed E-state index contributed by atoms with van der Waals surface area (Å²) in [5, 5.41) is 6.70. The van der Waals surface area contributed by atoms with Gasteiger partial charge in [0.05, 0.1) is 13.2 Å². The van der Waals surface area contributed by atoms with Crippen molar-refractivity contribution in [3.63, 3.8) is 0 Å². The molecule has 0 bridgehead atoms. The topological polar surface area (TPSA) is 62.3 Å². The van der Waals surface area contributed by atoms with Crippen LogP contribution in [-0.2, 0) is 11.2 Å². The predicted molar refractivity (Wildman–Crippen MR) is 85.9 cm³/mol. The second kappa shape index (κ2) is 8.14. The zero-order valence-corrected chi connectivity index (χ0v) is 13.4. The Balaban J connectivity index is 2.00. The minimum absolute atomic E-state index is 0.346. The van der Waals surface area contributed by atoms with Crippen LogP contribution in [0.15, 0.2) is 6.33 Å². The Morgan fingerprint density at radius 1 is 1.29 bits per heavy atom. The maximum absolute atomic E-state index is 5.39. The summed E-state index contributed by atoms with van der Waals surface area (Å²) in [6, 6.07) is 0.346. The Morgan fingerprint density at radius 2 is 2.00 bits per heavy atom. The van der Waals surface area contributed by atoms with Crippen LogP contribution in [0, 0.1) is 0 Å². The first-order valence-electron chi connectivity index (χ1n) is 7.82. The van der Waals surface area contributed by atoms with E-state index in [0.717, 1.165) is 57.3 Å². The molecule has 21 heavy (non-hydrogen) atoms. The maximum Gasteiger partial charge on any atom is 0.134 e. The fourth-order valence-electron chi connectivity index (χ4n) is 2.69. The lowest BCUT2D eigenvalue weighted by Gasteiger charge is -2.30. The molecular weight excluding hydrogens is 266 g/mol. The number of hydrogen-bond donors (Lipinski definition) is 2. The summed E-state index contributed by atoms with van der Waals surface area (Å²) in [6.07, 6.45) is 3.67. The number of aromatic nitrogens is 2. The van der Waals surface area contributed by atoms with E-state index in [1.165, 1.54) is 5.56 Å². The van der Waals surface area contributed by atoms with Crippen molar-refractivity contribution < 1.29 is 4.74 Å². The second-order valence-electron chi connectivity index (χ2n) is 5.51. The van der Waals surface area contributed by atoms with Gasteiger partial charge in [0.1, 0.15) is 18.0 Å². The molecule has 1 aliphatic rings. The van der Waals surface area contributed by atoms with Gasteiger partial charge in [-0.2, -0.15) is 0 Å². The summed E-state index contributed by atoms with van der Waals surface area (Å²) < 4.78 is 5.39. The summed E-state index contributed by atoms with van der Waals surface area (Å²) in [7, 11) is 1.91. The number of morpholine rings is 1. The highest BCUT2D eigenvalue weighted by atomic mass is 16.5. The molecule has 1 unspecified atom stereocenters. The molecule has 2 rings (SSSR count).